The highest BCUT2D eigenvalue weighted by Gasteiger charge is 2.76. The van der Waals surface area contributed by atoms with Crippen LogP contribution in [-0.2, 0) is 61.8 Å². The van der Waals surface area contributed by atoms with E-state index < -0.39 is 223 Å². The van der Waals surface area contributed by atoms with Crippen LogP contribution in [0.2, 0.25) is 0 Å². The van der Waals surface area contributed by atoms with Crippen molar-refractivity contribution in [1.82, 2.24) is 0 Å². The normalized spacial score (nSPS) is 51.2. The number of aliphatic hydroxyl groups excluding tert-OH is 13. The minimum atomic E-state index is -2.15. The van der Waals surface area contributed by atoms with Crippen molar-refractivity contribution >= 4 is 17.9 Å². The number of fused-ring (bicyclic) bond motifs is 7. The molecule has 496 valence electrons. The van der Waals surface area contributed by atoms with Crippen molar-refractivity contribution < 1.29 is 133 Å². The van der Waals surface area contributed by atoms with E-state index in [-0.39, 0.29) is 30.3 Å². The fraction of sp³-hybridized carbons (Fsp3) is 0.883. The molecule has 0 spiro atoms. The van der Waals surface area contributed by atoms with E-state index in [4.69, 9.17) is 47.4 Å². The predicted octanol–water partition coefficient (Wildman–Crippen LogP) is -1.83. The SMILES string of the molecule is C/C=C(/C)C(=O)O[C@H]1[C@@H](O[C@H]2O[C@@H](C)[C@H](O)[C@@H](OC(C)=O)[C@@H]2O)[C@@]2(CO)C(CC1(C)C)C1=CCC3[C@@]4(C)CC[C@H](O[C@H]5O[C@H](C(=O)O)[C@@H](O)[C@H](O[C@H]6O[C@H](CO)[C@@H](O)[C@@H]6O)[C@H]5O[C@@H]5O[C@H](CO)[C@H](O)[C@H](O)[C@H]5O)C(C)(C)C4CC[C@@]3(C)[C@]1(C)[C@H](O)[C@@H]2O. The highest BCUT2D eigenvalue weighted by atomic mass is 16.8. The zero-order chi connectivity index (χ0) is 64.3. The van der Waals surface area contributed by atoms with Gasteiger partial charge in [0.15, 0.2) is 37.4 Å². The first kappa shape index (κ1) is 68.4. The smallest absolute Gasteiger partial charge is 0.335 e. The number of carboxylic acids is 1. The van der Waals surface area contributed by atoms with E-state index in [0.717, 1.165) is 12.5 Å². The Labute approximate surface area is 505 Å². The van der Waals surface area contributed by atoms with Gasteiger partial charge in [0.2, 0.25) is 0 Å². The Morgan fingerprint density at radius 1 is 0.621 bits per heavy atom. The van der Waals surface area contributed by atoms with Crippen LogP contribution in [0.4, 0.5) is 0 Å². The Morgan fingerprint density at radius 2 is 1.21 bits per heavy atom. The Kier molecular flexibility index (Phi) is 19.5. The summed E-state index contributed by atoms with van der Waals surface area (Å²) in [6.07, 6.45) is -34.3. The Balaban J connectivity index is 1.06. The summed E-state index contributed by atoms with van der Waals surface area (Å²) in [6.45, 7) is 17.3. The van der Waals surface area contributed by atoms with Gasteiger partial charge in [-0.2, -0.15) is 0 Å². The highest BCUT2D eigenvalue weighted by Crippen LogP contribution is 2.76. The lowest BCUT2D eigenvalue weighted by Gasteiger charge is -2.73. The molecule has 27 nitrogen and oxygen atoms in total. The topological polar surface area (TPSA) is 427 Å². The van der Waals surface area contributed by atoms with E-state index in [1.54, 1.807) is 19.9 Å². The molecule has 27 heteroatoms. The van der Waals surface area contributed by atoms with Crippen LogP contribution in [0.3, 0.4) is 0 Å². The maximum absolute atomic E-state index is 13.9. The molecule has 4 aliphatic heterocycles. The van der Waals surface area contributed by atoms with Crippen LogP contribution in [0.15, 0.2) is 23.3 Å². The van der Waals surface area contributed by atoms with Crippen molar-refractivity contribution in [1.29, 1.82) is 0 Å². The molecule has 5 aliphatic carbocycles. The molecule has 87 heavy (non-hydrogen) atoms. The van der Waals surface area contributed by atoms with Gasteiger partial charge in [-0.15, -0.1) is 0 Å². The first-order valence-corrected chi connectivity index (χ1v) is 30.4. The molecule has 3 unspecified atom stereocenters. The van der Waals surface area contributed by atoms with Gasteiger partial charge < -0.3 is 119 Å². The number of ether oxygens (including phenoxy) is 10. The van der Waals surface area contributed by atoms with E-state index in [2.05, 4.69) is 19.9 Å². The third-order valence-corrected chi connectivity index (χ3v) is 22.7. The molecule has 9 aliphatic rings. The van der Waals surface area contributed by atoms with E-state index in [0.29, 0.717) is 25.7 Å². The van der Waals surface area contributed by atoms with Crippen LogP contribution in [0.25, 0.3) is 0 Å². The lowest BCUT2D eigenvalue weighted by atomic mass is 9.32. The number of carbonyl (C=O) groups excluding carboxylic acids is 2. The molecule has 4 saturated carbocycles. The molecule has 4 saturated heterocycles. The fourth-order valence-electron chi connectivity index (χ4n) is 17.5. The summed E-state index contributed by atoms with van der Waals surface area (Å²) in [7, 11) is 0. The number of hydrogen-bond donors (Lipinski definition) is 14. The zero-order valence-corrected chi connectivity index (χ0v) is 51.2. The maximum atomic E-state index is 13.9. The van der Waals surface area contributed by atoms with E-state index in [1.807, 2.05) is 34.6 Å². The first-order chi connectivity index (χ1) is 40.6. The predicted molar refractivity (Wildman–Crippen MR) is 294 cm³/mol. The summed E-state index contributed by atoms with van der Waals surface area (Å²) in [4.78, 5) is 39.1. The van der Waals surface area contributed by atoms with Crippen LogP contribution < -0.4 is 0 Å². The van der Waals surface area contributed by atoms with Crippen molar-refractivity contribution in [3.63, 3.8) is 0 Å². The Bertz CT molecular complexity index is 2560. The van der Waals surface area contributed by atoms with Gasteiger partial charge in [-0.3, -0.25) is 4.79 Å². The molecule has 4 heterocycles. The Hall–Kier alpha value is -2.95. The molecular formula is C60H94O27. The molecule has 0 aromatic heterocycles. The van der Waals surface area contributed by atoms with E-state index in [1.165, 1.54) is 6.92 Å². The van der Waals surface area contributed by atoms with Gasteiger partial charge in [0.1, 0.15) is 85.5 Å². The first-order valence-electron chi connectivity index (χ1n) is 30.4. The molecule has 0 aromatic rings. The number of allylic oxidation sites excluding steroid dienone is 2. The molecule has 0 radical (unpaired) electrons. The molecule has 9 rings (SSSR count). The average Bonchev–Trinajstić information content (AvgIpc) is 0.916. The Morgan fingerprint density at radius 3 is 1.78 bits per heavy atom. The van der Waals surface area contributed by atoms with E-state index in [9.17, 15) is 85.9 Å². The lowest BCUT2D eigenvalue weighted by molar-refractivity contribution is -0.386. The van der Waals surface area contributed by atoms with Gasteiger partial charge in [0.05, 0.1) is 49.7 Å². The van der Waals surface area contributed by atoms with Crippen LogP contribution >= 0.6 is 0 Å². The monoisotopic (exact) mass is 1250 g/mol. The van der Waals surface area contributed by atoms with Gasteiger partial charge >= 0.3 is 17.9 Å². The number of carbonyl (C=O) groups is 3. The molecule has 14 N–H and O–H groups in total. The van der Waals surface area contributed by atoms with Crippen molar-refractivity contribution in [3.8, 4) is 0 Å². The average molecular weight is 1250 g/mol. The number of carboxylic acid groups (broad SMARTS) is 1. The van der Waals surface area contributed by atoms with Crippen LogP contribution in [-0.4, -0.2) is 256 Å². The lowest BCUT2D eigenvalue weighted by Crippen LogP contribution is -2.77. The third kappa shape index (κ3) is 11.0. The van der Waals surface area contributed by atoms with Crippen LogP contribution in [0.1, 0.15) is 115 Å². The summed E-state index contributed by atoms with van der Waals surface area (Å²) in [5, 5.41) is 158. The molecule has 8 fully saturated rings. The van der Waals surface area contributed by atoms with Crippen molar-refractivity contribution in [2.75, 3.05) is 19.8 Å². The fourth-order valence-corrected chi connectivity index (χ4v) is 17.5. The van der Waals surface area contributed by atoms with Crippen LogP contribution in [0, 0.1) is 50.2 Å². The van der Waals surface area contributed by atoms with Gasteiger partial charge in [0, 0.05) is 23.3 Å². The number of rotatable bonds is 15. The second-order valence-corrected chi connectivity index (χ2v) is 28.0. The molecule has 0 amide bonds. The number of esters is 2. The van der Waals surface area contributed by atoms with Gasteiger partial charge in [-0.25, -0.2) is 9.59 Å². The zero-order valence-electron chi connectivity index (χ0n) is 51.2. The van der Waals surface area contributed by atoms with Gasteiger partial charge in [-0.1, -0.05) is 66.2 Å². The summed E-state index contributed by atoms with van der Waals surface area (Å²) < 4.78 is 61.1. The minimum absolute atomic E-state index is 0.201. The number of aliphatic hydroxyl groups is 13. The van der Waals surface area contributed by atoms with E-state index >= 15 is 0 Å². The number of aliphatic carboxylic acids is 1. The van der Waals surface area contributed by atoms with Crippen molar-refractivity contribution in [2.24, 2.45) is 50.2 Å². The second kappa shape index (κ2) is 24.8. The molecule has 0 aromatic carbocycles. The second-order valence-electron chi connectivity index (χ2n) is 28.0. The van der Waals surface area contributed by atoms with Crippen LogP contribution in [0.5, 0.6) is 0 Å². The highest BCUT2D eigenvalue weighted by molar-refractivity contribution is 5.87. The molecular weight excluding hydrogens is 1150 g/mol. The summed E-state index contributed by atoms with van der Waals surface area (Å²) >= 11 is 0. The number of hydrogen-bond acceptors (Lipinski definition) is 26. The maximum Gasteiger partial charge on any atom is 0.335 e. The summed E-state index contributed by atoms with van der Waals surface area (Å²) in [6, 6.07) is 0. The standard InChI is InChI=1S/C60H94O27/c1-12-23(2)50(77)86-47-48(87-53-40(72)41(79-25(4)64)33(65)24(3)78-53)60(22-63)27(19-55(47,5)6)26-13-14-31-57(9)17-16-32(56(7,8)30(57)15-18-58(31,10)59(26,11)45(73)46(60)74)82-54-44(85-52-38(70)36(68)34(66)28(20-61)80-52)42(39(71)43(84-54)49(75)76)83-51-37(69)35(67)29(21-62)81-51/h12-13,24,27-48,51-54,61-63,65-74H,14-22H2,1-11H3,(H,75,76)/b23-12-/t24-,27?,28+,29+,30?,31?,32-,33-,34-,35+,36-,37-,38+,39-,40-,41+,42-,43-,44+,45+,46-,47-,48+,51+,52-,53+,54-,57-,58+,59-,60-/m0/s1. The molecule has 0 bridgehead atoms. The van der Waals surface area contributed by atoms with Crippen molar-refractivity contribution in [2.45, 2.75) is 262 Å². The molecule has 31 atom stereocenters. The quantitative estimate of drug-likeness (QED) is 0.0371. The summed E-state index contributed by atoms with van der Waals surface area (Å²) in [5.74, 6) is -4.40. The minimum Gasteiger partial charge on any atom is -0.479 e. The largest absolute Gasteiger partial charge is 0.479 e. The van der Waals surface area contributed by atoms with Gasteiger partial charge in [0.25, 0.3) is 0 Å². The van der Waals surface area contributed by atoms with Gasteiger partial charge in [-0.05, 0) is 93.3 Å². The van der Waals surface area contributed by atoms with Crippen molar-refractivity contribution in [3.05, 3.63) is 23.3 Å². The third-order valence-electron chi connectivity index (χ3n) is 22.7. The summed E-state index contributed by atoms with van der Waals surface area (Å²) in [5.41, 5.74) is -5.30.